The highest BCUT2D eigenvalue weighted by atomic mass is 16.5. The first-order valence-corrected chi connectivity index (χ1v) is 7.25. The molecule has 0 saturated heterocycles. The molecular formula is C18H20N2O3. The zero-order valence-corrected chi connectivity index (χ0v) is 13.7. The molecule has 2 aromatic rings. The predicted molar refractivity (Wildman–Crippen MR) is 90.3 cm³/mol. The molecule has 0 bridgehead atoms. The summed E-state index contributed by atoms with van der Waals surface area (Å²) >= 11 is 0. The molecule has 0 aliphatic heterocycles. The Morgan fingerprint density at radius 1 is 1.00 bits per heavy atom. The number of ether oxygens (including phenoxy) is 1. The zero-order chi connectivity index (χ0) is 17.0. The Hall–Kier alpha value is -2.82. The van der Waals surface area contributed by atoms with Gasteiger partial charge in [0.05, 0.1) is 18.4 Å². The van der Waals surface area contributed by atoms with Crippen molar-refractivity contribution in [1.82, 2.24) is 5.32 Å². The van der Waals surface area contributed by atoms with Crippen LogP contribution in [0.4, 0.5) is 5.69 Å². The Kier molecular flexibility index (Phi) is 5.01. The van der Waals surface area contributed by atoms with Gasteiger partial charge < -0.3 is 15.4 Å². The molecule has 23 heavy (non-hydrogen) atoms. The largest absolute Gasteiger partial charge is 0.497 e. The van der Waals surface area contributed by atoms with Gasteiger partial charge in [-0.3, -0.25) is 9.59 Å². The number of amides is 2. The molecule has 2 rings (SSSR count). The second-order valence-electron chi connectivity index (χ2n) is 5.19. The van der Waals surface area contributed by atoms with E-state index in [1.54, 1.807) is 24.3 Å². The van der Waals surface area contributed by atoms with Gasteiger partial charge in [-0.1, -0.05) is 12.1 Å². The molecule has 2 amide bonds. The van der Waals surface area contributed by atoms with Crippen molar-refractivity contribution in [2.45, 2.75) is 13.8 Å². The monoisotopic (exact) mass is 312 g/mol. The van der Waals surface area contributed by atoms with Crippen LogP contribution >= 0.6 is 0 Å². The van der Waals surface area contributed by atoms with Crippen molar-refractivity contribution in [3.63, 3.8) is 0 Å². The van der Waals surface area contributed by atoms with Gasteiger partial charge in [0, 0.05) is 12.6 Å². The Balaban J connectivity index is 2.37. The summed E-state index contributed by atoms with van der Waals surface area (Å²) in [4.78, 5) is 24.6. The molecule has 2 N–H and O–H groups in total. The lowest BCUT2D eigenvalue weighted by atomic mass is 10.0. The summed E-state index contributed by atoms with van der Waals surface area (Å²) in [5, 5.41) is 5.37. The number of hydrogen-bond donors (Lipinski definition) is 2. The minimum absolute atomic E-state index is 0.249. The topological polar surface area (TPSA) is 67.4 Å². The van der Waals surface area contributed by atoms with Crippen LogP contribution in [-0.4, -0.2) is 26.0 Å². The minimum atomic E-state index is -0.292. The number of methoxy groups -OCH3 is 1. The lowest BCUT2D eigenvalue weighted by Gasteiger charge is -2.13. The smallest absolute Gasteiger partial charge is 0.255 e. The van der Waals surface area contributed by atoms with Crippen molar-refractivity contribution in [1.29, 1.82) is 0 Å². The molecule has 0 spiro atoms. The van der Waals surface area contributed by atoms with Crippen molar-refractivity contribution in [2.75, 3.05) is 19.5 Å². The normalized spacial score (nSPS) is 10.1. The summed E-state index contributed by atoms with van der Waals surface area (Å²) in [6.07, 6.45) is 0. The first-order valence-electron chi connectivity index (χ1n) is 7.25. The first kappa shape index (κ1) is 16.5. The molecule has 5 heteroatoms. The second kappa shape index (κ2) is 6.96. The molecule has 2 aromatic carbocycles. The standard InChI is InChI=1S/C18H20N2O3/c1-11-6-5-7-14(12(11)2)18(22)20-16-9-8-13(23-4)10-15(16)17(21)19-3/h5-10H,1-4H3,(H,19,21)(H,20,22). The quantitative estimate of drug-likeness (QED) is 0.912. The first-order chi connectivity index (χ1) is 11.0. The highest BCUT2D eigenvalue weighted by Crippen LogP contribution is 2.23. The van der Waals surface area contributed by atoms with Crippen molar-refractivity contribution >= 4 is 17.5 Å². The van der Waals surface area contributed by atoms with Gasteiger partial charge in [-0.2, -0.15) is 0 Å². The molecule has 0 fully saturated rings. The fraction of sp³-hybridized carbons (Fsp3) is 0.222. The lowest BCUT2D eigenvalue weighted by Crippen LogP contribution is -2.22. The fourth-order valence-corrected chi connectivity index (χ4v) is 2.27. The molecular weight excluding hydrogens is 292 g/mol. The number of hydrogen-bond acceptors (Lipinski definition) is 3. The molecule has 0 aliphatic carbocycles. The molecule has 0 saturated carbocycles. The molecule has 0 aliphatic rings. The molecule has 5 nitrogen and oxygen atoms in total. The van der Waals surface area contributed by atoms with Gasteiger partial charge in [0.1, 0.15) is 5.75 Å². The average molecular weight is 312 g/mol. The van der Waals surface area contributed by atoms with E-state index in [9.17, 15) is 9.59 Å². The van der Waals surface area contributed by atoms with Crippen LogP contribution in [0, 0.1) is 13.8 Å². The predicted octanol–water partition coefficient (Wildman–Crippen LogP) is 2.92. The van der Waals surface area contributed by atoms with E-state index in [-0.39, 0.29) is 11.8 Å². The van der Waals surface area contributed by atoms with Gasteiger partial charge in [0.15, 0.2) is 0 Å². The zero-order valence-electron chi connectivity index (χ0n) is 13.7. The fourth-order valence-electron chi connectivity index (χ4n) is 2.27. The van der Waals surface area contributed by atoms with Crippen LogP contribution in [0.5, 0.6) is 5.75 Å². The van der Waals surface area contributed by atoms with Gasteiger partial charge in [-0.05, 0) is 49.2 Å². The van der Waals surface area contributed by atoms with Crippen LogP contribution in [0.2, 0.25) is 0 Å². The summed E-state index contributed by atoms with van der Waals surface area (Å²) < 4.78 is 5.14. The van der Waals surface area contributed by atoms with Gasteiger partial charge >= 0.3 is 0 Å². The summed E-state index contributed by atoms with van der Waals surface area (Å²) in [5.74, 6) is 0.00928. The number of aryl methyl sites for hydroxylation is 1. The Labute approximate surface area is 135 Å². The van der Waals surface area contributed by atoms with Crippen LogP contribution in [0.25, 0.3) is 0 Å². The van der Waals surface area contributed by atoms with Crippen molar-refractivity contribution in [2.24, 2.45) is 0 Å². The van der Waals surface area contributed by atoms with Crippen molar-refractivity contribution < 1.29 is 14.3 Å². The number of rotatable bonds is 4. The van der Waals surface area contributed by atoms with E-state index in [0.29, 0.717) is 22.6 Å². The van der Waals surface area contributed by atoms with Gasteiger partial charge in [0.25, 0.3) is 11.8 Å². The van der Waals surface area contributed by atoms with Crippen LogP contribution in [0.15, 0.2) is 36.4 Å². The number of carbonyl (C=O) groups excluding carboxylic acids is 2. The summed E-state index contributed by atoms with van der Waals surface area (Å²) in [5.41, 5.74) is 3.34. The third kappa shape index (κ3) is 3.51. The molecule has 0 unspecified atom stereocenters. The maximum absolute atomic E-state index is 12.5. The van der Waals surface area contributed by atoms with Gasteiger partial charge in [-0.25, -0.2) is 0 Å². The summed E-state index contributed by atoms with van der Waals surface area (Å²) in [6, 6.07) is 10.5. The Bertz CT molecular complexity index is 754. The maximum Gasteiger partial charge on any atom is 0.255 e. The van der Waals surface area contributed by atoms with Crippen molar-refractivity contribution in [3.8, 4) is 5.75 Å². The third-order valence-electron chi connectivity index (χ3n) is 3.80. The van der Waals surface area contributed by atoms with E-state index in [1.807, 2.05) is 26.0 Å². The second-order valence-corrected chi connectivity index (χ2v) is 5.19. The minimum Gasteiger partial charge on any atom is -0.497 e. The average Bonchev–Trinajstić information content (AvgIpc) is 2.56. The SMILES string of the molecule is CNC(=O)c1cc(OC)ccc1NC(=O)c1cccc(C)c1C. The number of anilines is 1. The molecule has 0 aromatic heterocycles. The number of carbonyl (C=O) groups is 2. The highest BCUT2D eigenvalue weighted by molar-refractivity contribution is 6.09. The molecule has 0 atom stereocenters. The van der Waals surface area contributed by atoms with Gasteiger partial charge in [0.2, 0.25) is 0 Å². The van der Waals surface area contributed by atoms with Crippen LogP contribution in [0.1, 0.15) is 31.8 Å². The lowest BCUT2D eigenvalue weighted by molar-refractivity contribution is 0.0963. The Morgan fingerprint density at radius 2 is 1.74 bits per heavy atom. The number of benzene rings is 2. The molecule has 0 radical (unpaired) electrons. The van der Waals surface area contributed by atoms with Crippen LogP contribution in [0.3, 0.4) is 0 Å². The molecule has 120 valence electrons. The summed E-state index contributed by atoms with van der Waals surface area (Å²) in [7, 11) is 3.06. The van der Waals surface area contributed by atoms with E-state index in [4.69, 9.17) is 4.74 Å². The van der Waals surface area contributed by atoms with E-state index in [2.05, 4.69) is 10.6 Å². The van der Waals surface area contributed by atoms with Crippen molar-refractivity contribution in [3.05, 3.63) is 58.7 Å². The maximum atomic E-state index is 12.5. The van der Waals surface area contributed by atoms with Crippen LogP contribution in [-0.2, 0) is 0 Å². The van der Waals surface area contributed by atoms with E-state index in [1.165, 1.54) is 14.2 Å². The van der Waals surface area contributed by atoms with E-state index < -0.39 is 0 Å². The van der Waals surface area contributed by atoms with Gasteiger partial charge in [-0.15, -0.1) is 0 Å². The van der Waals surface area contributed by atoms with E-state index >= 15 is 0 Å². The van der Waals surface area contributed by atoms with E-state index in [0.717, 1.165) is 11.1 Å². The highest BCUT2D eigenvalue weighted by Gasteiger charge is 2.16. The van der Waals surface area contributed by atoms with Crippen LogP contribution < -0.4 is 15.4 Å². The summed E-state index contributed by atoms with van der Waals surface area (Å²) in [6.45, 7) is 3.85. The Morgan fingerprint density at radius 3 is 2.39 bits per heavy atom. The third-order valence-corrected chi connectivity index (χ3v) is 3.80. The molecule has 0 heterocycles. The number of nitrogens with one attached hydrogen (secondary N) is 2.